The third kappa shape index (κ3) is 3.56. The molecule has 1 aromatic heterocycles. The van der Waals surface area contributed by atoms with Crippen molar-refractivity contribution in [2.45, 2.75) is 38.9 Å². The second-order valence-corrected chi connectivity index (χ2v) is 14.4. The zero-order valence-electron chi connectivity index (χ0n) is 13.7. The van der Waals surface area contributed by atoms with Gasteiger partial charge in [0, 0.05) is 23.4 Å². The SMILES string of the molecule is CC(C)(C)[Si](C)(C)NS(C)(=O)=Nc1c[nH]c2ccccc12. The number of hydrogen-bond donors (Lipinski definition) is 2. The molecule has 0 aliphatic rings. The van der Waals surface area contributed by atoms with Crippen LogP contribution in [0.5, 0.6) is 0 Å². The van der Waals surface area contributed by atoms with Gasteiger partial charge in [0.05, 0.1) is 5.69 Å². The van der Waals surface area contributed by atoms with E-state index in [0.717, 1.165) is 16.6 Å². The summed E-state index contributed by atoms with van der Waals surface area (Å²) in [5.41, 5.74) is 1.77. The number of benzene rings is 1. The van der Waals surface area contributed by atoms with Crippen molar-refractivity contribution >= 4 is 34.7 Å². The van der Waals surface area contributed by atoms with Crippen LogP contribution in [0.1, 0.15) is 20.8 Å². The van der Waals surface area contributed by atoms with Crippen LogP contribution in [-0.2, 0) is 9.92 Å². The van der Waals surface area contributed by atoms with E-state index in [1.54, 1.807) is 6.26 Å². The Bertz CT molecular complexity index is 765. The van der Waals surface area contributed by atoms with Gasteiger partial charge in [-0.3, -0.25) is 4.39 Å². The summed E-state index contributed by atoms with van der Waals surface area (Å²) in [4.78, 5) is 3.17. The molecule has 6 heteroatoms. The molecule has 1 aromatic carbocycles. The summed E-state index contributed by atoms with van der Waals surface area (Å²) in [5, 5.41) is 1.12. The van der Waals surface area contributed by atoms with Crippen LogP contribution in [0.25, 0.3) is 10.9 Å². The predicted molar refractivity (Wildman–Crippen MR) is 94.8 cm³/mol. The summed E-state index contributed by atoms with van der Waals surface area (Å²) >= 11 is 0. The van der Waals surface area contributed by atoms with Gasteiger partial charge < -0.3 is 4.98 Å². The Hall–Kier alpha value is -1.11. The molecule has 0 aliphatic heterocycles. The van der Waals surface area contributed by atoms with Crippen LogP contribution < -0.4 is 4.39 Å². The van der Waals surface area contributed by atoms with E-state index in [1.807, 2.05) is 30.5 Å². The number of H-pyrrole nitrogens is 1. The van der Waals surface area contributed by atoms with Gasteiger partial charge in [0.15, 0.2) is 0 Å². The first-order valence-electron chi connectivity index (χ1n) is 7.09. The molecule has 1 atom stereocenters. The van der Waals surface area contributed by atoms with E-state index in [9.17, 15) is 4.21 Å². The maximum Gasteiger partial charge on any atom is 0.140 e. The van der Waals surface area contributed by atoms with Crippen LogP contribution in [0.4, 0.5) is 5.69 Å². The summed E-state index contributed by atoms with van der Waals surface area (Å²) < 4.78 is 20.8. The topological polar surface area (TPSA) is 57.2 Å². The maximum atomic E-state index is 12.9. The van der Waals surface area contributed by atoms with Gasteiger partial charge in [-0.15, -0.1) is 0 Å². The van der Waals surface area contributed by atoms with Crippen molar-refractivity contribution in [3.8, 4) is 0 Å². The Labute approximate surface area is 128 Å². The van der Waals surface area contributed by atoms with Crippen molar-refractivity contribution in [1.29, 1.82) is 0 Å². The third-order valence-electron chi connectivity index (χ3n) is 4.16. The standard InChI is InChI=1S/C15H25N3OSSi/c1-15(2,3)21(5,6)18-20(4,19)17-14-11-16-13-10-8-7-9-12(13)14/h7-11,16H,1-6H3,(H,17,18,19). The van der Waals surface area contributed by atoms with Gasteiger partial charge in [0.25, 0.3) is 0 Å². The molecule has 116 valence electrons. The predicted octanol–water partition coefficient (Wildman–Crippen LogP) is 4.41. The van der Waals surface area contributed by atoms with Crippen LogP contribution in [-0.4, -0.2) is 23.7 Å². The van der Waals surface area contributed by atoms with Gasteiger partial charge >= 0.3 is 0 Å². The zero-order valence-corrected chi connectivity index (χ0v) is 15.5. The molecule has 0 radical (unpaired) electrons. The van der Waals surface area contributed by atoms with Crippen LogP contribution in [0.2, 0.25) is 18.1 Å². The second-order valence-electron chi connectivity index (χ2n) is 7.09. The Morgan fingerprint density at radius 1 is 1.24 bits per heavy atom. The lowest BCUT2D eigenvalue weighted by atomic mass is 10.2. The van der Waals surface area contributed by atoms with Gasteiger partial charge in [-0.2, -0.15) is 4.36 Å². The van der Waals surface area contributed by atoms with Crippen molar-refractivity contribution in [1.82, 2.24) is 9.37 Å². The number of nitrogens with zero attached hydrogens (tertiary/aromatic N) is 1. The molecule has 4 nitrogen and oxygen atoms in total. The first kappa shape index (κ1) is 16.3. The molecule has 0 amide bonds. The Balaban J connectivity index is 2.42. The fourth-order valence-corrected chi connectivity index (χ4v) is 7.69. The average Bonchev–Trinajstić information content (AvgIpc) is 2.69. The smallest absolute Gasteiger partial charge is 0.140 e. The number of fused-ring (bicyclic) bond motifs is 1. The highest BCUT2D eigenvalue weighted by atomic mass is 32.2. The molecule has 0 spiro atoms. The van der Waals surface area contributed by atoms with Gasteiger partial charge in [-0.25, -0.2) is 4.21 Å². The van der Waals surface area contributed by atoms with E-state index in [0.29, 0.717) is 0 Å². The number of aromatic amines is 1. The van der Waals surface area contributed by atoms with Gasteiger partial charge in [0.1, 0.15) is 18.2 Å². The molecular weight excluding hydrogens is 298 g/mol. The third-order valence-corrected chi connectivity index (χ3v) is 12.0. The van der Waals surface area contributed by atoms with E-state index < -0.39 is 18.2 Å². The van der Waals surface area contributed by atoms with Crippen molar-refractivity contribution < 1.29 is 4.21 Å². The number of rotatable bonds is 3. The number of aromatic nitrogens is 1. The van der Waals surface area contributed by atoms with Gasteiger partial charge in [0.2, 0.25) is 0 Å². The molecule has 1 unspecified atom stereocenters. The van der Waals surface area contributed by atoms with E-state index in [4.69, 9.17) is 0 Å². The van der Waals surface area contributed by atoms with Crippen LogP contribution in [0.15, 0.2) is 34.8 Å². The first-order chi connectivity index (χ1) is 9.52. The minimum atomic E-state index is -2.47. The molecule has 2 aromatic rings. The van der Waals surface area contributed by atoms with Gasteiger partial charge in [-0.1, -0.05) is 52.1 Å². The van der Waals surface area contributed by atoms with Crippen LogP contribution >= 0.6 is 0 Å². The van der Waals surface area contributed by atoms with E-state index >= 15 is 0 Å². The molecular formula is C15H25N3OSSi. The highest BCUT2D eigenvalue weighted by molar-refractivity contribution is 7.92. The molecule has 21 heavy (non-hydrogen) atoms. The number of nitrogens with one attached hydrogen (secondary N) is 2. The quantitative estimate of drug-likeness (QED) is 0.808. The van der Waals surface area contributed by atoms with Crippen LogP contribution in [0, 0.1) is 0 Å². The Morgan fingerprint density at radius 2 is 1.86 bits per heavy atom. The second kappa shape index (κ2) is 5.26. The fourth-order valence-electron chi connectivity index (χ4n) is 1.97. The first-order valence-corrected chi connectivity index (χ1v) is 12.0. The summed E-state index contributed by atoms with van der Waals surface area (Å²) in [6.07, 6.45) is 3.51. The summed E-state index contributed by atoms with van der Waals surface area (Å²) in [6.45, 7) is 11.0. The molecule has 0 aliphatic carbocycles. The lowest BCUT2D eigenvalue weighted by molar-refractivity contribution is 0.671. The molecule has 2 N–H and O–H groups in total. The monoisotopic (exact) mass is 323 g/mol. The molecule has 0 saturated heterocycles. The lowest BCUT2D eigenvalue weighted by Gasteiger charge is -2.37. The molecule has 0 bridgehead atoms. The zero-order chi connectivity index (χ0) is 15.9. The largest absolute Gasteiger partial charge is 0.359 e. The Kier molecular flexibility index (Phi) is 4.07. The maximum absolute atomic E-state index is 12.9. The van der Waals surface area contributed by atoms with Gasteiger partial charge in [-0.05, 0) is 11.1 Å². The van der Waals surface area contributed by atoms with Crippen molar-refractivity contribution in [2.75, 3.05) is 6.26 Å². The summed E-state index contributed by atoms with van der Waals surface area (Å²) in [6, 6.07) is 7.92. The molecule has 1 heterocycles. The lowest BCUT2D eigenvalue weighted by Crippen LogP contribution is -2.54. The number of para-hydroxylation sites is 1. The highest BCUT2D eigenvalue weighted by Crippen LogP contribution is 2.35. The molecule has 0 saturated carbocycles. The van der Waals surface area contributed by atoms with Crippen LogP contribution in [0.3, 0.4) is 0 Å². The summed E-state index contributed by atoms with van der Waals surface area (Å²) in [5.74, 6) is 0. The fraction of sp³-hybridized carbons (Fsp3) is 0.467. The van der Waals surface area contributed by atoms with E-state index in [2.05, 4.69) is 47.6 Å². The highest BCUT2D eigenvalue weighted by Gasteiger charge is 2.37. The van der Waals surface area contributed by atoms with Crippen molar-refractivity contribution in [3.05, 3.63) is 30.5 Å². The Morgan fingerprint density at radius 3 is 2.48 bits per heavy atom. The average molecular weight is 324 g/mol. The minimum absolute atomic E-state index is 0.113. The van der Waals surface area contributed by atoms with E-state index in [-0.39, 0.29) is 5.04 Å². The normalized spacial score (nSPS) is 15.9. The van der Waals surface area contributed by atoms with Crippen molar-refractivity contribution in [2.24, 2.45) is 4.36 Å². The van der Waals surface area contributed by atoms with E-state index in [1.165, 1.54) is 0 Å². The minimum Gasteiger partial charge on any atom is -0.359 e. The number of hydrogen-bond acceptors (Lipinski definition) is 2. The molecule has 0 fully saturated rings. The van der Waals surface area contributed by atoms with Crippen molar-refractivity contribution in [3.63, 3.8) is 0 Å². The summed E-state index contributed by atoms with van der Waals surface area (Å²) in [7, 11) is -4.34. The molecule has 2 rings (SSSR count).